The molecule has 0 spiro atoms. The lowest BCUT2D eigenvalue weighted by Gasteiger charge is -2.15. The van der Waals surface area contributed by atoms with Crippen LogP contribution in [0.2, 0.25) is 0 Å². The summed E-state index contributed by atoms with van der Waals surface area (Å²) in [6, 6.07) is 6.92. The molecule has 0 aliphatic carbocycles. The number of benzene rings is 1. The van der Waals surface area contributed by atoms with Crippen LogP contribution in [0.15, 0.2) is 24.3 Å². The number of hydrogen-bond donors (Lipinski definition) is 1. The van der Waals surface area contributed by atoms with Crippen LogP contribution in [0.5, 0.6) is 5.75 Å². The van der Waals surface area contributed by atoms with Gasteiger partial charge in [0.05, 0.1) is 6.54 Å². The summed E-state index contributed by atoms with van der Waals surface area (Å²) in [5, 5.41) is 10.8. The van der Waals surface area contributed by atoms with Gasteiger partial charge in [-0.05, 0) is 6.07 Å². The zero-order valence-electron chi connectivity index (χ0n) is 8.23. The lowest BCUT2D eigenvalue weighted by atomic mass is 10.2. The Hall–Kier alpha value is -1.55. The summed E-state index contributed by atoms with van der Waals surface area (Å²) in [4.78, 5) is 15.4. The van der Waals surface area contributed by atoms with Crippen molar-refractivity contribution in [3.8, 4) is 5.75 Å². The Bertz CT molecular complexity index is 325. The number of carbonyl (C=O) groups excluding carboxylic acids is 1. The third-order valence-electron chi connectivity index (χ3n) is 1.67. The Morgan fingerprint density at radius 1 is 1.50 bits per heavy atom. The highest BCUT2D eigenvalue weighted by Gasteiger charge is 2.06. The smallest absolute Gasteiger partial charge is 0.322 e. The molecule has 0 heterocycles. The number of nitrogens with zero attached hydrogens (tertiary/aromatic N) is 1. The van der Waals surface area contributed by atoms with Crippen LogP contribution < -0.4 is 0 Å². The summed E-state index contributed by atoms with van der Waals surface area (Å²) < 4.78 is 0. The number of phenolic OH excluding ortho intramolecular Hbond substituents is 1. The van der Waals surface area contributed by atoms with Gasteiger partial charge in [-0.15, -0.1) is 5.06 Å². The van der Waals surface area contributed by atoms with Crippen molar-refractivity contribution in [1.29, 1.82) is 0 Å². The summed E-state index contributed by atoms with van der Waals surface area (Å²) in [6.07, 6.45) is 0. The molecule has 0 aliphatic rings. The van der Waals surface area contributed by atoms with E-state index >= 15 is 0 Å². The van der Waals surface area contributed by atoms with E-state index in [0.717, 1.165) is 5.56 Å². The van der Waals surface area contributed by atoms with Crippen LogP contribution in [0.25, 0.3) is 0 Å². The highest BCUT2D eigenvalue weighted by atomic mass is 16.7. The fourth-order valence-electron chi connectivity index (χ4n) is 1.14. The molecule has 0 fully saturated rings. The highest BCUT2D eigenvalue weighted by molar-refractivity contribution is 5.65. The van der Waals surface area contributed by atoms with Crippen LogP contribution in [0.1, 0.15) is 12.5 Å². The van der Waals surface area contributed by atoms with Gasteiger partial charge in [0.25, 0.3) is 0 Å². The maximum Gasteiger partial charge on any atom is 0.322 e. The van der Waals surface area contributed by atoms with Gasteiger partial charge in [-0.2, -0.15) is 0 Å². The summed E-state index contributed by atoms with van der Waals surface area (Å²) in [7, 11) is 1.63. The van der Waals surface area contributed by atoms with Gasteiger partial charge >= 0.3 is 5.97 Å². The zero-order chi connectivity index (χ0) is 10.6. The largest absolute Gasteiger partial charge is 0.508 e. The number of phenols is 1. The molecule has 1 aromatic rings. The van der Waals surface area contributed by atoms with Crippen LogP contribution in [0.4, 0.5) is 0 Å². The van der Waals surface area contributed by atoms with Crippen molar-refractivity contribution in [3.63, 3.8) is 0 Å². The van der Waals surface area contributed by atoms with Crippen LogP contribution in [-0.4, -0.2) is 23.2 Å². The molecule has 0 atom stereocenters. The summed E-state index contributed by atoms with van der Waals surface area (Å²) >= 11 is 0. The Kier molecular flexibility index (Phi) is 3.48. The van der Waals surface area contributed by atoms with Crippen LogP contribution in [0, 0.1) is 0 Å². The minimum Gasteiger partial charge on any atom is -0.508 e. The molecule has 4 heteroatoms. The summed E-state index contributed by atoms with van der Waals surface area (Å²) in [6.45, 7) is 1.70. The molecule has 0 aromatic heterocycles. The molecular formula is C10H13NO3. The second-order valence-corrected chi connectivity index (χ2v) is 3.00. The topological polar surface area (TPSA) is 49.8 Å². The lowest BCUT2D eigenvalue weighted by Crippen LogP contribution is -2.21. The Morgan fingerprint density at radius 2 is 2.14 bits per heavy atom. The first-order chi connectivity index (χ1) is 6.59. The predicted molar refractivity (Wildman–Crippen MR) is 51.3 cm³/mol. The van der Waals surface area contributed by atoms with E-state index in [-0.39, 0.29) is 11.7 Å². The van der Waals surface area contributed by atoms with Crippen LogP contribution in [0.3, 0.4) is 0 Å². The van der Waals surface area contributed by atoms with Gasteiger partial charge in [-0.3, -0.25) is 4.79 Å². The number of hydroxylamine groups is 2. The van der Waals surface area contributed by atoms with Gasteiger partial charge in [0, 0.05) is 19.5 Å². The van der Waals surface area contributed by atoms with E-state index in [1.165, 1.54) is 12.0 Å². The second-order valence-electron chi connectivity index (χ2n) is 3.00. The first-order valence-electron chi connectivity index (χ1n) is 4.26. The zero-order valence-corrected chi connectivity index (χ0v) is 8.23. The molecule has 1 rings (SSSR count). The third kappa shape index (κ3) is 3.06. The SMILES string of the molecule is CC(=O)ON(C)Cc1ccccc1O. The third-order valence-corrected chi connectivity index (χ3v) is 1.67. The molecule has 0 saturated heterocycles. The number of para-hydroxylation sites is 1. The normalized spacial score (nSPS) is 10.2. The summed E-state index contributed by atoms with van der Waals surface area (Å²) in [5.74, 6) is -0.172. The molecular weight excluding hydrogens is 182 g/mol. The molecule has 0 aliphatic heterocycles. The maximum absolute atomic E-state index is 10.6. The van der Waals surface area contributed by atoms with E-state index < -0.39 is 0 Å². The van der Waals surface area contributed by atoms with E-state index in [0.29, 0.717) is 6.54 Å². The van der Waals surface area contributed by atoms with E-state index in [1.54, 1.807) is 25.2 Å². The van der Waals surface area contributed by atoms with Crippen molar-refractivity contribution in [3.05, 3.63) is 29.8 Å². The van der Waals surface area contributed by atoms with E-state index in [2.05, 4.69) is 0 Å². The molecule has 0 amide bonds. The first kappa shape index (κ1) is 10.5. The Labute approximate surface area is 82.7 Å². The van der Waals surface area contributed by atoms with Crippen molar-refractivity contribution < 1.29 is 14.7 Å². The molecule has 4 nitrogen and oxygen atoms in total. The second kappa shape index (κ2) is 4.62. The van der Waals surface area contributed by atoms with Crippen LogP contribution >= 0.6 is 0 Å². The molecule has 0 unspecified atom stereocenters. The number of carbonyl (C=O) groups is 1. The number of aromatic hydroxyl groups is 1. The van der Waals surface area contributed by atoms with Gasteiger partial charge in [0.1, 0.15) is 5.75 Å². The monoisotopic (exact) mass is 195 g/mol. The maximum atomic E-state index is 10.6. The van der Waals surface area contributed by atoms with Crippen molar-refractivity contribution in [2.75, 3.05) is 7.05 Å². The first-order valence-corrected chi connectivity index (χ1v) is 4.26. The van der Waals surface area contributed by atoms with Crippen LogP contribution in [-0.2, 0) is 16.2 Å². The minimum absolute atomic E-state index is 0.200. The molecule has 76 valence electrons. The Balaban J connectivity index is 2.60. The molecule has 14 heavy (non-hydrogen) atoms. The predicted octanol–water partition coefficient (Wildman–Crippen LogP) is 1.30. The molecule has 1 N–H and O–H groups in total. The molecule has 1 aromatic carbocycles. The van der Waals surface area contributed by atoms with Gasteiger partial charge in [0.15, 0.2) is 0 Å². The quantitative estimate of drug-likeness (QED) is 0.738. The number of rotatable bonds is 3. The lowest BCUT2D eigenvalue weighted by molar-refractivity contribution is -0.183. The standard InChI is InChI=1S/C10H13NO3/c1-8(12)14-11(2)7-9-5-3-4-6-10(9)13/h3-6,13H,7H2,1-2H3. The average Bonchev–Trinajstić information content (AvgIpc) is 2.07. The fraction of sp³-hybridized carbons (Fsp3) is 0.300. The number of hydrogen-bond acceptors (Lipinski definition) is 4. The van der Waals surface area contributed by atoms with E-state index in [1.807, 2.05) is 6.07 Å². The molecule has 0 bridgehead atoms. The van der Waals surface area contributed by atoms with Crippen molar-refractivity contribution in [2.24, 2.45) is 0 Å². The van der Waals surface area contributed by atoms with Crippen molar-refractivity contribution in [2.45, 2.75) is 13.5 Å². The average molecular weight is 195 g/mol. The van der Waals surface area contributed by atoms with Gasteiger partial charge in [-0.1, -0.05) is 18.2 Å². The van der Waals surface area contributed by atoms with Gasteiger partial charge in [0.2, 0.25) is 0 Å². The molecule has 0 saturated carbocycles. The van der Waals surface area contributed by atoms with E-state index in [9.17, 15) is 9.90 Å². The Morgan fingerprint density at radius 3 is 2.71 bits per heavy atom. The summed E-state index contributed by atoms with van der Waals surface area (Å²) in [5.41, 5.74) is 0.719. The highest BCUT2D eigenvalue weighted by Crippen LogP contribution is 2.16. The minimum atomic E-state index is -0.372. The van der Waals surface area contributed by atoms with E-state index in [4.69, 9.17) is 4.84 Å². The van der Waals surface area contributed by atoms with Crippen molar-refractivity contribution >= 4 is 5.97 Å². The van der Waals surface area contributed by atoms with Gasteiger partial charge < -0.3 is 9.94 Å². The van der Waals surface area contributed by atoms with Gasteiger partial charge in [-0.25, -0.2) is 0 Å². The molecule has 0 radical (unpaired) electrons. The van der Waals surface area contributed by atoms with Crippen molar-refractivity contribution in [1.82, 2.24) is 5.06 Å². The fourth-order valence-corrected chi connectivity index (χ4v) is 1.14.